The molecule has 3 rings (SSSR count). The van der Waals surface area contributed by atoms with E-state index < -0.39 is 15.9 Å². The zero-order valence-corrected chi connectivity index (χ0v) is 19.9. The molecule has 0 spiro atoms. The van der Waals surface area contributed by atoms with E-state index >= 15 is 0 Å². The molecular weight excluding hydrogens is 444 g/mol. The zero-order chi connectivity index (χ0) is 24.2. The van der Waals surface area contributed by atoms with Crippen LogP contribution < -0.4 is 23.8 Å². The summed E-state index contributed by atoms with van der Waals surface area (Å²) in [5.74, 6) is 1.13. The second-order valence-electron chi connectivity index (χ2n) is 7.21. The number of nitrogens with zero attached hydrogens (tertiary/aromatic N) is 1. The van der Waals surface area contributed by atoms with Crippen molar-refractivity contribution in [1.29, 1.82) is 0 Å². The molecule has 174 valence electrons. The topological polar surface area (TPSA) is 94.2 Å². The van der Waals surface area contributed by atoms with Crippen molar-refractivity contribution in [2.75, 3.05) is 44.3 Å². The van der Waals surface area contributed by atoms with Gasteiger partial charge in [-0.25, -0.2) is 8.42 Å². The van der Waals surface area contributed by atoms with E-state index in [0.717, 1.165) is 21.7 Å². The van der Waals surface area contributed by atoms with Crippen LogP contribution in [0.4, 0.5) is 11.4 Å². The number of amides is 1. The predicted molar refractivity (Wildman–Crippen MR) is 129 cm³/mol. The Morgan fingerprint density at radius 2 is 1.42 bits per heavy atom. The number of methoxy groups -OCH3 is 3. The third kappa shape index (κ3) is 5.38. The highest BCUT2D eigenvalue weighted by Gasteiger charge is 2.20. The van der Waals surface area contributed by atoms with Gasteiger partial charge in [0.1, 0.15) is 17.2 Å². The van der Waals surface area contributed by atoms with E-state index in [1.54, 1.807) is 43.5 Å². The van der Waals surface area contributed by atoms with Crippen LogP contribution >= 0.6 is 0 Å². The van der Waals surface area contributed by atoms with Crippen molar-refractivity contribution < 1.29 is 27.4 Å². The van der Waals surface area contributed by atoms with Crippen LogP contribution in [0.15, 0.2) is 60.7 Å². The first-order chi connectivity index (χ1) is 15.7. The van der Waals surface area contributed by atoms with E-state index in [9.17, 15) is 13.2 Å². The molecule has 33 heavy (non-hydrogen) atoms. The van der Waals surface area contributed by atoms with Crippen molar-refractivity contribution in [1.82, 2.24) is 0 Å². The van der Waals surface area contributed by atoms with E-state index in [0.29, 0.717) is 28.6 Å². The first-order valence-electron chi connectivity index (χ1n) is 9.93. The summed E-state index contributed by atoms with van der Waals surface area (Å²) in [6.07, 6.45) is 1.10. The van der Waals surface area contributed by atoms with Crippen LogP contribution in [0.25, 0.3) is 11.1 Å². The largest absolute Gasteiger partial charge is 0.497 e. The van der Waals surface area contributed by atoms with E-state index in [4.69, 9.17) is 14.2 Å². The van der Waals surface area contributed by atoms with Crippen LogP contribution in [0.2, 0.25) is 0 Å². The van der Waals surface area contributed by atoms with Gasteiger partial charge < -0.3 is 19.5 Å². The van der Waals surface area contributed by atoms with Gasteiger partial charge in [-0.3, -0.25) is 9.10 Å². The first-order valence-corrected chi connectivity index (χ1v) is 11.8. The van der Waals surface area contributed by atoms with E-state index in [2.05, 4.69) is 5.32 Å². The quantitative estimate of drug-likeness (QED) is 0.534. The molecule has 0 unspecified atom stereocenters. The number of sulfonamides is 1. The van der Waals surface area contributed by atoms with Crippen LogP contribution in [-0.2, 0) is 10.0 Å². The van der Waals surface area contributed by atoms with Crippen molar-refractivity contribution in [3.8, 4) is 28.4 Å². The smallest absolute Gasteiger partial charge is 0.259 e. The molecule has 0 aliphatic carbocycles. The number of hydrogen-bond acceptors (Lipinski definition) is 6. The summed E-state index contributed by atoms with van der Waals surface area (Å²) in [6.45, 7) is 0. The molecule has 0 aliphatic heterocycles. The molecule has 0 atom stereocenters. The molecule has 0 aliphatic rings. The molecule has 8 nitrogen and oxygen atoms in total. The number of carbonyl (C=O) groups is 1. The van der Waals surface area contributed by atoms with Gasteiger partial charge in [0, 0.05) is 13.1 Å². The van der Waals surface area contributed by atoms with Crippen LogP contribution in [0.3, 0.4) is 0 Å². The number of anilines is 2. The predicted octanol–water partition coefficient (Wildman–Crippen LogP) is 4.03. The fourth-order valence-electron chi connectivity index (χ4n) is 3.23. The number of carbonyl (C=O) groups excluding carboxylic acids is 1. The van der Waals surface area contributed by atoms with Crippen molar-refractivity contribution >= 4 is 27.3 Å². The number of ether oxygens (including phenoxy) is 3. The maximum Gasteiger partial charge on any atom is 0.259 e. The molecule has 3 aromatic carbocycles. The Hall–Kier alpha value is -3.72. The molecule has 3 aromatic rings. The van der Waals surface area contributed by atoms with Gasteiger partial charge in [0.05, 0.1) is 44.5 Å². The van der Waals surface area contributed by atoms with Gasteiger partial charge in [-0.15, -0.1) is 0 Å². The summed E-state index contributed by atoms with van der Waals surface area (Å²) in [4.78, 5) is 13.1. The maximum atomic E-state index is 13.1. The fourth-order valence-corrected chi connectivity index (χ4v) is 3.74. The molecule has 0 fully saturated rings. The highest BCUT2D eigenvalue weighted by molar-refractivity contribution is 7.92. The third-order valence-electron chi connectivity index (χ3n) is 5.16. The Kier molecular flexibility index (Phi) is 7.13. The molecule has 0 saturated carbocycles. The summed E-state index contributed by atoms with van der Waals surface area (Å²) in [7, 11) is 2.44. The molecule has 0 heterocycles. The third-order valence-corrected chi connectivity index (χ3v) is 6.35. The Morgan fingerprint density at radius 1 is 0.818 bits per heavy atom. The SMILES string of the molecule is COc1ccc(-c2ccc(N(C)S(C)(=O)=O)c(NC(=O)c3ccc(OC)cc3OC)c2)cc1. The van der Waals surface area contributed by atoms with Gasteiger partial charge in [-0.2, -0.15) is 0 Å². The minimum absolute atomic E-state index is 0.279. The summed E-state index contributed by atoms with van der Waals surface area (Å²) in [5, 5.41) is 2.83. The lowest BCUT2D eigenvalue weighted by atomic mass is 10.0. The highest BCUT2D eigenvalue weighted by Crippen LogP contribution is 2.34. The van der Waals surface area contributed by atoms with Gasteiger partial charge in [-0.1, -0.05) is 18.2 Å². The van der Waals surface area contributed by atoms with Crippen molar-refractivity contribution in [3.05, 3.63) is 66.2 Å². The molecule has 1 amide bonds. The number of rotatable bonds is 8. The molecule has 0 saturated heterocycles. The molecule has 1 N–H and O–H groups in total. The molecular formula is C24H26N2O6S. The van der Waals surface area contributed by atoms with Gasteiger partial charge in [0.2, 0.25) is 10.0 Å². The van der Waals surface area contributed by atoms with E-state index in [-0.39, 0.29) is 5.56 Å². The Morgan fingerprint density at radius 3 is 2.00 bits per heavy atom. The van der Waals surface area contributed by atoms with Gasteiger partial charge in [0.15, 0.2) is 0 Å². The molecule has 0 radical (unpaired) electrons. The van der Waals surface area contributed by atoms with Crippen molar-refractivity contribution in [2.45, 2.75) is 0 Å². The maximum absolute atomic E-state index is 13.1. The van der Waals surface area contributed by atoms with Gasteiger partial charge in [-0.05, 0) is 47.5 Å². The minimum Gasteiger partial charge on any atom is -0.497 e. The summed E-state index contributed by atoms with van der Waals surface area (Å²) in [6, 6.07) is 17.4. The fraction of sp³-hybridized carbons (Fsp3) is 0.208. The van der Waals surface area contributed by atoms with Crippen molar-refractivity contribution in [3.63, 3.8) is 0 Å². The zero-order valence-electron chi connectivity index (χ0n) is 19.1. The molecule has 0 aromatic heterocycles. The lowest BCUT2D eigenvalue weighted by molar-refractivity contribution is 0.102. The normalized spacial score (nSPS) is 10.9. The van der Waals surface area contributed by atoms with Crippen molar-refractivity contribution in [2.24, 2.45) is 0 Å². The second kappa shape index (κ2) is 9.83. The standard InChI is InChI=1S/C24H26N2O6S/c1-26(33(5,28)29)22-13-8-17(16-6-9-18(30-2)10-7-16)14-21(22)25-24(27)20-12-11-19(31-3)15-23(20)32-4/h6-15H,1-5H3,(H,25,27). The average molecular weight is 471 g/mol. The first kappa shape index (κ1) is 23.9. The van der Waals surface area contributed by atoms with Gasteiger partial charge in [0.25, 0.3) is 5.91 Å². The Balaban J connectivity index is 2.05. The monoisotopic (exact) mass is 470 g/mol. The summed E-state index contributed by atoms with van der Waals surface area (Å²) < 4.78 is 41.2. The van der Waals surface area contributed by atoms with E-state index in [1.165, 1.54) is 21.3 Å². The highest BCUT2D eigenvalue weighted by atomic mass is 32.2. The number of hydrogen-bond donors (Lipinski definition) is 1. The molecule has 9 heteroatoms. The molecule has 0 bridgehead atoms. The summed E-state index contributed by atoms with van der Waals surface area (Å²) in [5.41, 5.74) is 2.61. The summed E-state index contributed by atoms with van der Waals surface area (Å²) >= 11 is 0. The Bertz CT molecular complexity index is 1260. The minimum atomic E-state index is -3.56. The number of benzene rings is 3. The number of nitrogens with one attached hydrogen (secondary N) is 1. The lowest BCUT2D eigenvalue weighted by Crippen LogP contribution is -2.26. The average Bonchev–Trinajstić information content (AvgIpc) is 2.82. The lowest BCUT2D eigenvalue weighted by Gasteiger charge is -2.22. The van der Waals surface area contributed by atoms with Crippen LogP contribution in [0.1, 0.15) is 10.4 Å². The van der Waals surface area contributed by atoms with Crippen LogP contribution in [0.5, 0.6) is 17.2 Å². The van der Waals surface area contributed by atoms with Crippen LogP contribution in [0, 0.1) is 0 Å². The van der Waals surface area contributed by atoms with E-state index in [1.807, 2.05) is 24.3 Å². The Labute approximate surface area is 193 Å². The second-order valence-corrected chi connectivity index (χ2v) is 9.23. The van der Waals surface area contributed by atoms with Crippen LogP contribution in [-0.4, -0.2) is 49.0 Å². The van der Waals surface area contributed by atoms with Gasteiger partial charge >= 0.3 is 0 Å².